The lowest BCUT2D eigenvalue weighted by atomic mass is 9.99. The first-order valence-electron chi connectivity index (χ1n) is 10.3. The summed E-state index contributed by atoms with van der Waals surface area (Å²) in [6.45, 7) is 2.29. The van der Waals surface area contributed by atoms with Gasteiger partial charge >= 0.3 is 0 Å². The number of benzene rings is 3. The average Bonchev–Trinajstić information content (AvgIpc) is 3.19. The molecule has 6 nitrogen and oxygen atoms in total. The van der Waals surface area contributed by atoms with Crippen molar-refractivity contribution in [3.05, 3.63) is 66.2 Å². The third kappa shape index (κ3) is 4.06. The van der Waals surface area contributed by atoms with Crippen molar-refractivity contribution in [3.8, 4) is 11.5 Å². The molecule has 6 heteroatoms. The van der Waals surface area contributed by atoms with Gasteiger partial charge in [0, 0.05) is 19.0 Å². The largest absolute Gasteiger partial charge is 0.497 e. The Kier molecular flexibility index (Phi) is 5.80. The van der Waals surface area contributed by atoms with E-state index in [9.17, 15) is 9.59 Å². The quantitative estimate of drug-likeness (QED) is 0.655. The van der Waals surface area contributed by atoms with Crippen LogP contribution in [0.3, 0.4) is 0 Å². The number of carbonyl (C=O) groups excluding carboxylic acids is 2. The number of nitrogens with one attached hydrogen (secondary N) is 1. The number of hydrogen-bond donors (Lipinski definition) is 1. The van der Waals surface area contributed by atoms with Gasteiger partial charge in [0.05, 0.1) is 31.9 Å². The molecule has 2 atom stereocenters. The zero-order chi connectivity index (χ0) is 22.0. The number of anilines is 1. The highest BCUT2D eigenvalue weighted by Gasteiger charge is 2.36. The van der Waals surface area contributed by atoms with Crippen molar-refractivity contribution in [1.29, 1.82) is 0 Å². The maximum absolute atomic E-state index is 13.0. The maximum atomic E-state index is 13.0. The van der Waals surface area contributed by atoms with Gasteiger partial charge in [0.1, 0.15) is 11.5 Å². The van der Waals surface area contributed by atoms with Gasteiger partial charge in [0.25, 0.3) is 0 Å². The summed E-state index contributed by atoms with van der Waals surface area (Å²) in [4.78, 5) is 27.3. The topological polar surface area (TPSA) is 67.9 Å². The Morgan fingerprint density at radius 2 is 1.84 bits per heavy atom. The zero-order valence-corrected chi connectivity index (χ0v) is 17.9. The second kappa shape index (κ2) is 8.68. The first-order chi connectivity index (χ1) is 15.0. The van der Waals surface area contributed by atoms with Crippen LogP contribution in [0.5, 0.6) is 11.5 Å². The molecule has 31 heavy (non-hydrogen) atoms. The molecule has 1 heterocycles. The number of methoxy groups -OCH3 is 2. The Labute approximate surface area is 181 Å². The summed E-state index contributed by atoms with van der Waals surface area (Å²) < 4.78 is 10.7. The first kappa shape index (κ1) is 20.7. The Morgan fingerprint density at radius 3 is 2.61 bits per heavy atom. The lowest BCUT2D eigenvalue weighted by molar-refractivity contribution is -0.126. The van der Waals surface area contributed by atoms with Gasteiger partial charge in [-0.1, -0.05) is 42.5 Å². The fourth-order valence-corrected chi connectivity index (χ4v) is 4.16. The van der Waals surface area contributed by atoms with Crippen LogP contribution in [0.25, 0.3) is 10.8 Å². The normalized spacial score (nSPS) is 16.9. The molecule has 0 spiro atoms. The molecule has 1 aliphatic heterocycles. The van der Waals surface area contributed by atoms with E-state index in [2.05, 4.69) is 23.5 Å². The summed E-state index contributed by atoms with van der Waals surface area (Å²) in [6, 6.07) is 19.3. The predicted octanol–water partition coefficient (Wildman–Crippen LogP) is 4.09. The second-order valence-electron chi connectivity index (χ2n) is 7.74. The van der Waals surface area contributed by atoms with E-state index < -0.39 is 5.92 Å². The number of fused-ring (bicyclic) bond motifs is 1. The molecular formula is C25H26N2O4. The Hall–Kier alpha value is -3.54. The van der Waals surface area contributed by atoms with Crippen molar-refractivity contribution in [2.75, 3.05) is 25.7 Å². The summed E-state index contributed by atoms with van der Waals surface area (Å²) in [5, 5.41) is 5.35. The van der Waals surface area contributed by atoms with Crippen molar-refractivity contribution >= 4 is 28.3 Å². The SMILES string of the molecule is COc1ccc(N2C[C@H](C(=O)N[C@H](C)c3cccc4ccccc34)CC2=O)c(OC)c1. The fourth-order valence-electron chi connectivity index (χ4n) is 4.16. The van der Waals surface area contributed by atoms with Gasteiger partial charge in [0.2, 0.25) is 11.8 Å². The highest BCUT2D eigenvalue weighted by molar-refractivity contribution is 6.01. The van der Waals surface area contributed by atoms with E-state index in [1.807, 2.05) is 31.2 Å². The van der Waals surface area contributed by atoms with Gasteiger partial charge in [-0.15, -0.1) is 0 Å². The monoisotopic (exact) mass is 418 g/mol. The fraction of sp³-hybridized carbons (Fsp3) is 0.280. The summed E-state index contributed by atoms with van der Waals surface area (Å²) in [7, 11) is 3.13. The number of carbonyl (C=O) groups is 2. The van der Waals surface area contributed by atoms with E-state index in [1.165, 1.54) is 0 Å². The first-order valence-corrected chi connectivity index (χ1v) is 10.3. The number of amides is 2. The lowest BCUT2D eigenvalue weighted by Crippen LogP contribution is -2.34. The standard InChI is InChI=1S/C25H26N2O4/c1-16(20-10-6-8-17-7-4-5-9-21(17)20)26-25(29)18-13-24(28)27(15-18)22-12-11-19(30-2)14-23(22)31-3/h4-12,14,16,18H,13,15H2,1-3H3,(H,26,29)/t16-,18-/m1/s1. The van der Waals surface area contributed by atoms with Crippen molar-refractivity contribution in [2.24, 2.45) is 5.92 Å². The maximum Gasteiger partial charge on any atom is 0.227 e. The minimum atomic E-state index is -0.420. The molecule has 1 fully saturated rings. The van der Waals surface area contributed by atoms with Crippen LogP contribution in [0.1, 0.15) is 24.9 Å². The lowest BCUT2D eigenvalue weighted by Gasteiger charge is -2.21. The highest BCUT2D eigenvalue weighted by atomic mass is 16.5. The van der Waals surface area contributed by atoms with E-state index in [1.54, 1.807) is 37.3 Å². The molecule has 0 aliphatic carbocycles. The van der Waals surface area contributed by atoms with Crippen LogP contribution in [-0.2, 0) is 9.59 Å². The average molecular weight is 418 g/mol. The molecule has 0 bridgehead atoms. The summed E-state index contributed by atoms with van der Waals surface area (Å²) in [5.74, 6) is 0.547. The molecule has 0 radical (unpaired) electrons. The summed E-state index contributed by atoms with van der Waals surface area (Å²) in [6.07, 6.45) is 0.170. The van der Waals surface area contributed by atoms with Crippen molar-refractivity contribution in [2.45, 2.75) is 19.4 Å². The van der Waals surface area contributed by atoms with Gasteiger partial charge < -0.3 is 19.7 Å². The van der Waals surface area contributed by atoms with E-state index in [0.29, 0.717) is 23.7 Å². The van der Waals surface area contributed by atoms with Crippen LogP contribution in [0, 0.1) is 5.92 Å². The van der Waals surface area contributed by atoms with Gasteiger partial charge in [-0.3, -0.25) is 9.59 Å². The minimum absolute atomic E-state index is 0.0959. The number of ether oxygens (including phenoxy) is 2. The summed E-state index contributed by atoms with van der Waals surface area (Å²) >= 11 is 0. The van der Waals surface area contributed by atoms with Crippen molar-refractivity contribution < 1.29 is 19.1 Å². The van der Waals surface area contributed by atoms with E-state index in [-0.39, 0.29) is 24.3 Å². The van der Waals surface area contributed by atoms with E-state index in [4.69, 9.17) is 9.47 Å². The molecule has 160 valence electrons. The molecule has 1 aliphatic rings. The Balaban J connectivity index is 1.50. The molecule has 1 N–H and O–H groups in total. The molecule has 2 amide bonds. The molecule has 3 aromatic rings. The molecule has 3 aromatic carbocycles. The summed E-state index contributed by atoms with van der Waals surface area (Å²) in [5.41, 5.74) is 1.70. The minimum Gasteiger partial charge on any atom is -0.497 e. The number of hydrogen-bond acceptors (Lipinski definition) is 4. The zero-order valence-electron chi connectivity index (χ0n) is 17.9. The number of nitrogens with zero attached hydrogens (tertiary/aromatic N) is 1. The van der Waals surface area contributed by atoms with Crippen LogP contribution < -0.4 is 19.7 Å². The predicted molar refractivity (Wildman–Crippen MR) is 121 cm³/mol. The van der Waals surface area contributed by atoms with Crippen LogP contribution in [0.2, 0.25) is 0 Å². The molecule has 0 unspecified atom stereocenters. The van der Waals surface area contributed by atoms with E-state index >= 15 is 0 Å². The number of rotatable bonds is 6. The molecule has 1 saturated heterocycles. The third-order valence-corrected chi connectivity index (χ3v) is 5.82. The van der Waals surface area contributed by atoms with Crippen LogP contribution in [0.4, 0.5) is 5.69 Å². The van der Waals surface area contributed by atoms with Gasteiger partial charge in [-0.2, -0.15) is 0 Å². The molecule has 0 aromatic heterocycles. The van der Waals surface area contributed by atoms with E-state index in [0.717, 1.165) is 16.3 Å². The third-order valence-electron chi connectivity index (χ3n) is 5.82. The molecular weight excluding hydrogens is 392 g/mol. The van der Waals surface area contributed by atoms with Gasteiger partial charge in [0.15, 0.2) is 0 Å². The molecule has 4 rings (SSSR count). The smallest absolute Gasteiger partial charge is 0.227 e. The Morgan fingerprint density at radius 1 is 1.06 bits per heavy atom. The van der Waals surface area contributed by atoms with Gasteiger partial charge in [-0.05, 0) is 35.4 Å². The van der Waals surface area contributed by atoms with Crippen LogP contribution >= 0.6 is 0 Å². The van der Waals surface area contributed by atoms with Gasteiger partial charge in [-0.25, -0.2) is 0 Å². The second-order valence-corrected chi connectivity index (χ2v) is 7.74. The van der Waals surface area contributed by atoms with Crippen molar-refractivity contribution in [1.82, 2.24) is 5.32 Å². The Bertz CT molecular complexity index is 1120. The van der Waals surface area contributed by atoms with Crippen LogP contribution in [-0.4, -0.2) is 32.6 Å². The molecule has 0 saturated carbocycles. The highest BCUT2D eigenvalue weighted by Crippen LogP contribution is 2.36. The van der Waals surface area contributed by atoms with Crippen LogP contribution in [0.15, 0.2) is 60.7 Å². The van der Waals surface area contributed by atoms with Crippen molar-refractivity contribution in [3.63, 3.8) is 0 Å².